The minimum Gasteiger partial charge on any atom is -0.330 e. The maximum atomic E-state index is 5.71. The fourth-order valence-corrected chi connectivity index (χ4v) is 2.96. The number of rotatable bonds is 2. The van der Waals surface area contributed by atoms with Crippen molar-refractivity contribution in [1.29, 1.82) is 0 Å². The molecule has 1 heterocycles. The summed E-state index contributed by atoms with van der Waals surface area (Å²) in [6, 6.07) is 0. The number of nitrogens with two attached hydrogens (primary N) is 1. The molecular formula is C12H21N3. The second kappa shape index (κ2) is 3.97. The van der Waals surface area contributed by atoms with Gasteiger partial charge in [-0.25, -0.2) is 0 Å². The molecule has 15 heavy (non-hydrogen) atoms. The van der Waals surface area contributed by atoms with E-state index in [-0.39, 0.29) is 0 Å². The predicted octanol–water partition coefficient (Wildman–Crippen LogP) is 1.74. The molecule has 3 nitrogen and oxygen atoms in total. The average Bonchev–Trinajstić information content (AvgIpc) is 2.47. The van der Waals surface area contributed by atoms with Crippen LogP contribution in [-0.4, -0.2) is 16.3 Å². The molecule has 84 valence electrons. The summed E-state index contributed by atoms with van der Waals surface area (Å²) in [5, 5.41) is 4.54. The third-order valence-electron chi connectivity index (χ3n) is 3.76. The first-order chi connectivity index (χ1) is 7.15. The van der Waals surface area contributed by atoms with E-state index in [0.717, 1.165) is 18.9 Å². The highest BCUT2D eigenvalue weighted by molar-refractivity contribution is 5.32. The lowest BCUT2D eigenvalue weighted by Gasteiger charge is -2.29. The van der Waals surface area contributed by atoms with Crippen molar-refractivity contribution < 1.29 is 0 Å². The molecule has 0 bridgehead atoms. The van der Waals surface area contributed by atoms with Gasteiger partial charge in [0.05, 0.1) is 5.69 Å². The molecule has 2 unspecified atom stereocenters. The molecule has 0 aromatic carbocycles. The molecule has 0 aliphatic heterocycles. The van der Waals surface area contributed by atoms with E-state index in [1.54, 1.807) is 0 Å². The van der Waals surface area contributed by atoms with Crippen LogP contribution >= 0.6 is 0 Å². The first kappa shape index (κ1) is 10.7. The zero-order chi connectivity index (χ0) is 11.0. The van der Waals surface area contributed by atoms with Gasteiger partial charge in [-0.1, -0.05) is 6.92 Å². The summed E-state index contributed by atoms with van der Waals surface area (Å²) < 4.78 is 2.06. The largest absolute Gasteiger partial charge is 0.330 e. The Morgan fingerprint density at radius 2 is 2.27 bits per heavy atom. The van der Waals surface area contributed by atoms with E-state index in [1.165, 1.54) is 29.8 Å². The van der Waals surface area contributed by atoms with Gasteiger partial charge in [-0.2, -0.15) is 5.10 Å². The lowest BCUT2D eigenvalue weighted by molar-refractivity contribution is 0.380. The summed E-state index contributed by atoms with van der Waals surface area (Å²) >= 11 is 0. The van der Waals surface area contributed by atoms with Crippen molar-refractivity contribution in [3.8, 4) is 0 Å². The van der Waals surface area contributed by atoms with Gasteiger partial charge in [0, 0.05) is 12.7 Å². The Hall–Kier alpha value is -0.830. The van der Waals surface area contributed by atoms with Gasteiger partial charge >= 0.3 is 0 Å². The second-order valence-electron chi connectivity index (χ2n) is 4.77. The number of aryl methyl sites for hydroxylation is 2. The first-order valence-electron chi connectivity index (χ1n) is 5.87. The Bertz CT molecular complexity index is 354. The summed E-state index contributed by atoms with van der Waals surface area (Å²) in [7, 11) is 2.06. The van der Waals surface area contributed by atoms with Gasteiger partial charge in [0.2, 0.25) is 0 Å². The molecule has 2 atom stereocenters. The van der Waals surface area contributed by atoms with Gasteiger partial charge in [0.15, 0.2) is 0 Å². The van der Waals surface area contributed by atoms with Crippen LogP contribution in [0.2, 0.25) is 0 Å². The Balaban J connectivity index is 2.42. The Morgan fingerprint density at radius 1 is 1.53 bits per heavy atom. The standard InChI is InChI=1S/C12H21N3/c1-8-4-5-11-12(10(8)6-7-13)9(2)14-15(11)3/h8,10H,4-7,13H2,1-3H3. The SMILES string of the molecule is Cc1nn(C)c2c1C(CCN)C(C)CC2. The second-order valence-corrected chi connectivity index (χ2v) is 4.77. The van der Waals surface area contributed by atoms with Crippen LogP contribution in [0.5, 0.6) is 0 Å². The van der Waals surface area contributed by atoms with Crippen LogP contribution in [0.1, 0.15) is 42.6 Å². The topological polar surface area (TPSA) is 43.8 Å². The number of hydrogen-bond donors (Lipinski definition) is 1. The van der Waals surface area contributed by atoms with Crippen LogP contribution in [0.15, 0.2) is 0 Å². The van der Waals surface area contributed by atoms with E-state index in [2.05, 4.69) is 30.7 Å². The minimum atomic E-state index is 0.632. The van der Waals surface area contributed by atoms with E-state index in [1.807, 2.05) is 0 Å². The van der Waals surface area contributed by atoms with Crippen LogP contribution in [0.3, 0.4) is 0 Å². The van der Waals surface area contributed by atoms with Crippen LogP contribution in [0.4, 0.5) is 0 Å². The Morgan fingerprint density at radius 3 is 2.93 bits per heavy atom. The summed E-state index contributed by atoms with van der Waals surface area (Å²) in [5.41, 5.74) is 9.84. The smallest absolute Gasteiger partial charge is 0.0631 e. The van der Waals surface area contributed by atoms with Crippen LogP contribution in [-0.2, 0) is 13.5 Å². The molecule has 1 aliphatic carbocycles. The zero-order valence-electron chi connectivity index (χ0n) is 9.95. The van der Waals surface area contributed by atoms with Crippen molar-refractivity contribution in [3.05, 3.63) is 17.0 Å². The summed E-state index contributed by atoms with van der Waals surface area (Å²) in [6.45, 7) is 5.25. The molecule has 0 radical (unpaired) electrons. The molecule has 1 aromatic rings. The van der Waals surface area contributed by atoms with E-state index >= 15 is 0 Å². The molecular weight excluding hydrogens is 186 g/mol. The monoisotopic (exact) mass is 207 g/mol. The summed E-state index contributed by atoms with van der Waals surface area (Å²) in [5.74, 6) is 1.39. The highest BCUT2D eigenvalue weighted by atomic mass is 15.3. The summed E-state index contributed by atoms with van der Waals surface area (Å²) in [6.07, 6.45) is 3.55. The molecule has 2 N–H and O–H groups in total. The molecule has 1 aromatic heterocycles. The maximum Gasteiger partial charge on any atom is 0.0631 e. The Kier molecular flexibility index (Phi) is 2.83. The van der Waals surface area contributed by atoms with Crippen LogP contribution < -0.4 is 5.73 Å². The lowest BCUT2D eigenvalue weighted by Crippen LogP contribution is -2.22. The fourth-order valence-electron chi connectivity index (χ4n) is 2.96. The molecule has 2 rings (SSSR count). The van der Waals surface area contributed by atoms with Gasteiger partial charge in [0.25, 0.3) is 0 Å². The number of hydrogen-bond acceptors (Lipinski definition) is 2. The normalized spacial score (nSPS) is 25.3. The van der Waals surface area contributed by atoms with Crippen molar-refractivity contribution in [2.24, 2.45) is 18.7 Å². The average molecular weight is 207 g/mol. The van der Waals surface area contributed by atoms with Crippen molar-refractivity contribution >= 4 is 0 Å². The van der Waals surface area contributed by atoms with Crippen molar-refractivity contribution in [2.45, 2.75) is 39.0 Å². The van der Waals surface area contributed by atoms with Gasteiger partial charge < -0.3 is 5.73 Å². The van der Waals surface area contributed by atoms with E-state index < -0.39 is 0 Å². The van der Waals surface area contributed by atoms with Gasteiger partial charge in [0.1, 0.15) is 0 Å². The molecule has 1 aliphatic rings. The van der Waals surface area contributed by atoms with Gasteiger partial charge in [-0.15, -0.1) is 0 Å². The maximum absolute atomic E-state index is 5.71. The number of fused-ring (bicyclic) bond motifs is 1. The summed E-state index contributed by atoms with van der Waals surface area (Å²) in [4.78, 5) is 0. The minimum absolute atomic E-state index is 0.632. The molecule has 0 saturated carbocycles. The highest BCUT2D eigenvalue weighted by Crippen LogP contribution is 2.39. The number of aromatic nitrogens is 2. The number of nitrogens with zero attached hydrogens (tertiary/aromatic N) is 2. The van der Waals surface area contributed by atoms with E-state index in [0.29, 0.717) is 5.92 Å². The molecule has 0 amide bonds. The van der Waals surface area contributed by atoms with E-state index in [9.17, 15) is 0 Å². The third kappa shape index (κ3) is 1.69. The Labute approximate surface area is 91.7 Å². The predicted molar refractivity (Wildman–Crippen MR) is 61.8 cm³/mol. The molecule has 3 heteroatoms. The van der Waals surface area contributed by atoms with Crippen molar-refractivity contribution in [2.75, 3.05) is 6.54 Å². The highest BCUT2D eigenvalue weighted by Gasteiger charge is 2.30. The fraction of sp³-hybridized carbons (Fsp3) is 0.750. The third-order valence-corrected chi connectivity index (χ3v) is 3.76. The zero-order valence-corrected chi connectivity index (χ0v) is 9.95. The van der Waals surface area contributed by atoms with Gasteiger partial charge in [-0.3, -0.25) is 4.68 Å². The van der Waals surface area contributed by atoms with Crippen LogP contribution in [0.25, 0.3) is 0 Å². The molecule has 0 fully saturated rings. The van der Waals surface area contributed by atoms with Gasteiger partial charge in [-0.05, 0) is 50.1 Å². The van der Waals surface area contributed by atoms with Crippen molar-refractivity contribution in [1.82, 2.24) is 9.78 Å². The first-order valence-corrected chi connectivity index (χ1v) is 5.87. The van der Waals surface area contributed by atoms with Crippen molar-refractivity contribution in [3.63, 3.8) is 0 Å². The lowest BCUT2D eigenvalue weighted by atomic mass is 9.76. The quantitative estimate of drug-likeness (QED) is 0.803. The molecule has 0 spiro atoms. The molecule has 0 saturated heterocycles. The van der Waals surface area contributed by atoms with Crippen LogP contribution in [0, 0.1) is 12.8 Å². The van der Waals surface area contributed by atoms with E-state index in [4.69, 9.17) is 5.73 Å².